The Morgan fingerprint density at radius 3 is 3.00 bits per heavy atom. The molecule has 2 heterocycles. The number of nitrogens with zero attached hydrogens (tertiary/aromatic N) is 1. The van der Waals surface area contributed by atoms with E-state index in [1.54, 1.807) is 12.1 Å². The third kappa shape index (κ3) is 3.69. The van der Waals surface area contributed by atoms with Gasteiger partial charge in [-0.1, -0.05) is 0 Å². The van der Waals surface area contributed by atoms with Crippen molar-refractivity contribution in [3.8, 4) is 0 Å². The van der Waals surface area contributed by atoms with Gasteiger partial charge in [0, 0.05) is 24.3 Å². The molecule has 1 aliphatic rings. The Morgan fingerprint density at radius 2 is 2.29 bits per heavy atom. The first-order valence-electron chi connectivity index (χ1n) is 6.79. The van der Waals surface area contributed by atoms with Crippen molar-refractivity contribution >= 4 is 28.3 Å². The molecule has 1 aliphatic carbocycles. The van der Waals surface area contributed by atoms with Gasteiger partial charge in [0.1, 0.15) is 0 Å². The average Bonchev–Trinajstić information content (AvgIpc) is 2.99. The Balaban J connectivity index is 1.40. The molecule has 3 rings (SSSR count). The lowest BCUT2D eigenvalue weighted by atomic mass is 10.3. The van der Waals surface area contributed by atoms with E-state index < -0.39 is 0 Å². The number of hydrogen-bond acceptors (Lipinski definition) is 5. The summed E-state index contributed by atoms with van der Waals surface area (Å²) in [5.41, 5.74) is 1.07. The zero-order valence-electron chi connectivity index (χ0n) is 11.3. The van der Waals surface area contributed by atoms with Crippen molar-refractivity contribution < 1.29 is 14.0 Å². The SMILES string of the molecule is O=C(CCNC(=O)c1ccco1)Nc1nc(C2CC2)cs1. The number of thiazole rings is 1. The van der Waals surface area contributed by atoms with Crippen molar-refractivity contribution in [3.63, 3.8) is 0 Å². The molecule has 1 saturated carbocycles. The first kappa shape index (κ1) is 13.8. The summed E-state index contributed by atoms with van der Waals surface area (Å²) in [5, 5.41) is 7.99. The van der Waals surface area contributed by atoms with Gasteiger partial charge in [-0.05, 0) is 25.0 Å². The summed E-state index contributed by atoms with van der Waals surface area (Å²) >= 11 is 1.44. The van der Waals surface area contributed by atoms with Gasteiger partial charge >= 0.3 is 0 Å². The number of furan rings is 1. The fraction of sp³-hybridized carbons (Fsp3) is 0.357. The molecule has 7 heteroatoms. The molecule has 21 heavy (non-hydrogen) atoms. The fourth-order valence-electron chi connectivity index (χ4n) is 1.88. The molecular weight excluding hydrogens is 290 g/mol. The normalized spacial score (nSPS) is 13.9. The Labute approximate surface area is 125 Å². The smallest absolute Gasteiger partial charge is 0.286 e. The molecule has 0 bridgehead atoms. The molecule has 0 saturated heterocycles. The van der Waals surface area contributed by atoms with E-state index in [2.05, 4.69) is 15.6 Å². The van der Waals surface area contributed by atoms with Crippen molar-refractivity contribution in [2.45, 2.75) is 25.2 Å². The lowest BCUT2D eigenvalue weighted by Crippen LogP contribution is -2.27. The number of nitrogens with one attached hydrogen (secondary N) is 2. The average molecular weight is 305 g/mol. The van der Waals surface area contributed by atoms with Gasteiger partial charge in [-0.15, -0.1) is 11.3 Å². The second-order valence-corrected chi connectivity index (χ2v) is 5.74. The number of hydrogen-bond donors (Lipinski definition) is 2. The first-order valence-corrected chi connectivity index (χ1v) is 7.67. The van der Waals surface area contributed by atoms with Crippen LogP contribution in [-0.4, -0.2) is 23.3 Å². The molecule has 0 atom stereocenters. The molecule has 6 nitrogen and oxygen atoms in total. The van der Waals surface area contributed by atoms with Crippen molar-refractivity contribution in [3.05, 3.63) is 35.2 Å². The maximum Gasteiger partial charge on any atom is 0.286 e. The monoisotopic (exact) mass is 305 g/mol. The number of anilines is 1. The van der Waals surface area contributed by atoms with Crippen LogP contribution in [0.2, 0.25) is 0 Å². The van der Waals surface area contributed by atoms with E-state index >= 15 is 0 Å². The fourth-order valence-corrected chi connectivity index (χ4v) is 2.68. The molecule has 1 fully saturated rings. The largest absolute Gasteiger partial charge is 0.459 e. The summed E-state index contributed by atoms with van der Waals surface area (Å²) in [5.74, 6) is 0.341. The Hall–Kier alpha value is -2.15. The molecule has 0 radical (unpaired) electrons. The van der Waals surface area contributed by atoms with Crippen LogP contribution in [0, 0.1) is 0 Å². The minimum Gasteiger partial charge on any atom is -0.459 e. The van der Waals surface area contributed by atoms with Crippen LogP contribution in [0.3, 0.4) is 0 Å². The second-order valence-electron chi connectivity index (χ2n) is 4.88. The van der Waals surface area contributed by atoms with E-state index in [-0.39, 0.29) is 30.5 Å². The Morgan fingerprint density at radius 1 is 1.43 bits per heavy atom. The van der Waals surface area contributed by atoms with Gasteiger partial charge in [0.25, 0.3) is 5.91 Å². The minimum atomic E-state index is -0.321. The Kier molecular flexibility index (Phi) is 4.01. The summed E-state index contributed by atoms with van der Waals surface area (Å²) in [4.78, 5) is 27.7. The zero-order valence-corrected chi connectivity index (χ0v) is 12.1. The molecule has 2 N–H and O–H groups in total. The summed E-state index contributed by atoms with van der Waals surface area (Å²) < 4.78 is 4.96. The summed E-state index contributed by atoms with van der Waals surface area (Å²) in [6.07, 6.45) is 4.01. The number of rotatable bonds is 6. The van der Waals surface area contributed by atoms with Crippen molar-refractivity contribution in [1.29, 1.82) is 0 Å². The zero-order chi connectivity index (χ0) is 14.7. The quantitative estimate of drug-likeness (QED) is 0.858. The molecule has 0 spiro atoms. The van der Waals surface area contributed by atoms with E-state index in [0.717, 1.165) is 5.69 Å². The number of amides is 2. The predicted molar refractivity (Wildman–Crippen MR) is 78.4 cm³/mol. The topological polar surface area (TPSA) is 84.2 Å². The molecule has 2 aromatic rings. The molecule has 110 valence electrons. The van der Waals surface area contributed by atoms with Crippen LogP contribution < -0.4 is 10.6 Å². The van der Waals surface area contributed by atoms with E-state index in [1.165, 1.54) is 30.4 Å². The summed E-state index contributed by atoms with van der Waals surface area (Å²) in [6, 6.07) is 3.21. The van der Waals surface area contributed by atoms with Gasteiger partial charge in [0.05, 0.1) is 12.0 Å². The molecule has 0 aliphatic heterocycles. The molecule has 2 aromatic heterocycles. The predicted octanol–water partition coefficient (Wildman–Crippen LogP) is 2.37. The Bertz CT molecular complexity index is 632. The first-order chi connectivity index (χ1) is 10.2. The number of carbonyl (C=O) groups excluding carboxylic acids is 2. The summed E-state index contributed by atoms with van der Waals surface area (Å²) in [7, 11) is 0. The van der Waals surface area contributed by atoms with Crippen LogP contribution in [0.1, 0.15) is 41.4 Å². The van der Waals surface area contributed by atoms with Crippen LogP contribution in [0.4, 0.5) is 5.13 Å². The maximum absolute atomic E-state index is 11.8. The van der Waals surface area contributed by atoms with Gasteiger partial charge < -0.3 is 15.1 Å². The molecule has 0 aromatic carbocycles. The van der Waals surface area contributed by atoms with Gasteiger partial charge in [-0.3, -0.25) is 9.59 Å². The van der Waals surface area contributed by atoms with Gasteiger partial charge in [-0.25, -0.2) is 4.98 Å². The third-order valence-corrected chi connectivity index (χ3v) is 3.92. The van der Waals surface area contributed by atoms with Crippen molar-refractivity contribution in [2.75, 3.05) is 11.9 Å². The highest BCUT2D eigenvalue weighted by molar-refractivity contribution is 7.13. The van der Waals surface area contributed by atoms with Gasteiger partial charge in [0.15, 0.2) is 10.9 Å². The summed E-state index contributed by atoms with van der Waals surface area (Å²) in [6.45, 7) is 0.256. The highest BCUT2D eigenvalue weighted by Crippen LogP contribution is 2.40. The highest BCUT2D eigenvalue weighted by Gasteiger charge is 2.26. The van der Waals surface area contributed by atoms with Crippen LogP contribution >= 0.6 is 11.3 Å². The van der Waals surface area contributed by atoms with Gasteiger partial charge in [0.2, 0.25) is 5.91 Å². The van der Waals surface area contributed by atoms with E-state index in [1.807, 2.05) is 5.38 Å². The van der Waals surface area contributed by atoms with Gasteiger partial charge in [-0.2, -0.15) is 0 Å². The van der Waals surface area contributed by atoms with E-state index in [4.69, 9.17) is 4.42 Å². The molecular formula is C14H15N3O3S. The van der Waals surface area contributed by atoms with Crippen LogP contribution in [0.5, 0.6) is 0 Å². The number of carbonyl (C=O) groups is 2. The maximum atomic E-state index is 11.8. The van der Waals surface area contributed by atoms with Crippen LogP contribution in [-0.2, 0) is 4.79 Å². The van der Waals surface area contributed by atoms with E-state index in [9.17, 15) is 9.59 Å². The lowest BCUT2D eigenvalue weighted by Gasteiger charge is -2.03. The number of aromatic nitrogens is 1. The molecule has 0 unspecified atom stereocenters. The third-order valence-electron chi connectivity index (χ3n) is 3.15. The van der Waals surface area contributed by atoms with Crippen molar-refractivity contribution in [2.24, 2.45) is 0 Å². The standard InChI is InChI=1S/C14H15N3O3S/c18-12(5-6-15-13(19)11-2-1-7-20-11)17-14-16-10(8-21-14)9-3-4-9/h1-2,7-9H,3-6H2,(H,15,19)(H,16,17,18). The van der Waals surface area contributed by atoms with Crippen LogP contribution in [0.15, 0.2) is 28.2 Å². The van der Waals surface area contributed by atoms with Crippen molar-refractivity contribution in [1.82, 2.24) is 10.3 Å². The highest BCUT2D eigenvalue weighted by atomic mass is 32.1. The minimum absolute atomic E-state index is 0.161. The molecule has 2 amide bonds. The van der Waals surface area contributed by atoms with Crippen LogP contribution in [0.25, 0.3) is 0 Å². The lowest BCUT2D eigenvalue weighted by molar-refractivity contribution is -0.116. The second kappa shape index (κ2) is 6.09. The van der Waals surface area contributed by atoms with E-state index in [0.29, 0.717) is 11.0 Å².